The Morgan fingerprint density at radius 2 is 2.11 bits per heavy atom. The van der Waals surface area contributed by atoms with E-state index in [-0.39, 0.29) is 10.1 Å². The minimum Gasteiger partial charge on any atom is -0.288 e. The summed E-state index contributed by atoms with van der Waals surface area (Å²) in [6.45, 7) is 1.45. The number of rotatable bonds is 3. The Balaban J connectivity index is 2.76. The Bertz CT molecular complexity index is 469. The van der Waals surface area contributed by atoms with E-state index in [1.165, 1.54) is 19.1 Å². The van der Waals surface area contributed by atoms with Gasteiger partial charge in [-0.15, -0.1) is 0 Å². The lowest BCUT2D eigenvalue weighted by molar-refractivity contribution is -0.137. The van der Waals surface area contributed by atoms with E-state index < -0.39 is 11.7 Å². The summed E-state index contributed by atoms with van der Waals surface area (Å²) in [6, 6.07) is 3.53. The number of hydrogen-bond acceptors (Lipinski definition) is 2. The summed E-state index contributed by atoms with van der Waals surface area (Å²) < 4.78 is 37.3. The Labute approximate surface area is 112 Å². The van der Waals surface area contributed by atoms with Crippen LogP contribution in [0.2, 0.25) is 5.02 Å². The summed E-state index contributed by atoms with van der Waals surface area (Å²) in [5.74, 6) is 0.480. The molecule has 98 valence electrons. The van der Waals surface area contributed by atoms with Gasteiger partial charge in [0, 0.05) is 12.7 Å². The van der Waals surface area contributed by atoms with Gasteiger partial charge in [0.15, 0.2) is 5.12 Å². The maximum absolute atomic E-state index is 12.4. The third-order valence-electron chi connectivity index (χ3n) is 1.99. The lowest BCUT2D eigenvalue weighted by atomic mass is 10.1. The van der Waals surface area contributed by atoms with Crippen LogP contribution in [-0.4, -0.2) is 10.9 Å². The second-order valence-electron chi connectivity index (χ2n) is 3.44. The van der Waals surface area contributed by atoms with Gasteiger partial charge in [0.05, 0.1) is 10.6 Å². The van der Waals surface area contributed by atoms with Crippen LogP contribution in [0.3, 0.4) is 0 Å². The van der Waals surface area contributed by atoms with E-state index in [1.807, 2.05) is 0 Å². The fourth-order valence-electron chi connectivity index (χ4n) is 1.21. The lowest BCUT2D eigenvalue weighted by Crippen LogP contribution is -2.05. The molecule has 1 aromatic rings. The van der Waals surface area contributed by atoms with E-state index >= 15 is 0 Å². The Hall–Kier alpha value is -0.940. The highest BCUT2D eigenvalue weighted by Gasteiger charge is 2.32. The SMILES string of the molecule is CC(=O)SCC=Cc1ccc(C(F)(F)F)c(Cl)c1. The second kappa shape index (κ2) is 6.29. The third kappa shape index (κ3) is 4.74. The van der Waals surface area contributed by atoms with Crippen LogP contribution < -0.4 is 0 Å². The molecule has 1 aromatic carbocycles. The maximum Gasteiger partial charge on any atom is 0.417 e. The number of carbonyl (C=O) groups excluding carboxylic acids is 1. The van der Waals surface area contributed by atoms with Gasteiger partial charge in [0.25, 0.3) is 0 Å². The molecule has 0 aromatic heterocycles. The Morgan fingerprint density at radius 1 is 1.44 bits per heavy atom. The molecular formula is C12H10ClF3OS. The van der Waals surface area contributed by atoms with Crippen molar-refractivity contribution >= 4 is 34.6 Å². The van der Waals surface area contributed by atoms with E-state index in [0.717, 1.165) is 17.8 Å². The van der Waals surface area contributed by atoms with Crippen molar-refractivity contribution in [1.29, 1.82) is 0 Å². The van der Waals surface area contributed by atoms with Crippen LogP contribution in [0, 0.1) is 0 Å². The molecule has 0 atom stereocenters. The normalized spacial score (nSPS) is 12.1. The van der Waals surface area contributed by atoms with E-state index in [2.05, 4.69) is 0 Å². The smallest absolute Gasteiger partial charge is 0.288 e. The Morgan fingerprint density at radius 3 is 2.61 bits per heavy atom. The highest BCUT2D eigenvalue weighted by atomic mass is 35.5. The van der Waals surface area contributed by atoms with Gasteiger partial charge in [-0.1, -0.05) is 41.6 Å². The van der Waals surface area contributed by atoms with Crippen LogP contribution in [0.4, 0.5) is 13.2 Å². The molecule has 0 saturated carbocycles. The minimum absolute atomic E-state index is 0.00917. The third-order valence-corrected chi connectivity index (χ3v) is 3.07. The number of halogens is 4. The average Bonchev–Trinajstić information content (AvgIpc) is 2.22. The number of benzene rings is 1. The summed E-state index contributed by atoms with van der Waals surface area (Å²) in [5.41, 5.74) is -0.281. The molecule has 0 radical (unpaired) electrons. The van der Waals surface area contributed by atoms with Crippen molar-refractivity contribution in [3.63, 3.8) is 0 Å². The van der Waals surface area contributed by atoms with E-state index in [1.54, 1.807) is 12.2 Å². The van der Waals surface area contributed by atoms with Gasteiger partial charge < -0.3 is 0 Å². The Kier molecular flexibility index (Phi) is 5.28. The van der Waals surface area contributed by atoms with Gasteiger partial charge >= 0.3 is 6.18 Å². The molecule has 0 N–H and O–H groups in total. The van der Waals surface area contributed by atoms with E-state index in [9.17, 15) is 18.0 Å². The van der Waals surface area contributed by atoms with Crippen molar-refractivity contribution in [3.05, 3.63) is 40.4 Å². The molecule has 0 unspecified atom stereocenters. The lowest BCUT2D eigenvalue weighted by Gasteiger charge is -2.08. The first-order valence-corrected chi connectivity index (χ1v) is 6.33. The van der Waals surface area contributed by atoms with Crippen molar-refractivity contribution in [2.24, 2.45) is 0 Å². The first kappa shape index (κ1) is 15.1. The van der Waals surface area contributed by atoms with Crippen molar-refractivity contribution in [2.45, 2.75) is 13.1 Å². The molecule has 0 aliphatic heterocycles. The quantitative estimate of drug-likeness (QED) is 0.807. The highest BCUT2D eigenvalue weighted by Crippen LogP contribution is 2.35. The van der Waals surface area contributed by atoms with Gasteiger partial charge in [0.1, 0.15) is 0 Å². The fourth-order valence-corrected chi connectivity index (χ4v) is 1.94. The summed E-state index contributed by atoms with van der Waals surface area (Å²) in [5, 5.41) is -0.339. The summed E-state index contributed by atoms with van der Waals surface area (Å²) in [7, 11) is 0. The predicted octanol–water partition coefficient (Wildman–Crippen LogP) is 4.65. The molecular weight excluding hydrogens is 285 g/mol. The molecule has 0 bridgehead atoms. The van der Waals surface area contributed by atoms with Crippen molar-refractivity contribution in [2.75, 3.05) is 5.75 Å². The van der Waals surface area contributed by atoms with E-state index in [4.69, 9.17) is 11.6 Å². The van der Waals surface area contributed by atoms with Crippen molar-refractivity contribution < 1.29 is 18.0 Å². The van der Waals surface area contributed by atoms with E-state index in [0.29, 0.717) is 11.3 Å². The fraction of sp³-hybridized carbons (Fsp3) is 0.250. The zero-order chi connectivity index (χ0) is 13.8. The summed E-state index contributed by atoms with van der Waals surface area (Å²) >= 11 is 6.69. The summed E-state index contributed by atoms with van der Waals surface area (Å²) in [6.07, 6.45) is -1.11. The van der Waals surface area contributed by atoms with Crippen LogP contribution in [0.25, 0.3) is 6.08 Å². The molecule has 1 nitrogen and oxygen atoms in total. The van der Waals surface area contributed by atoms with Gasteiger partial charge in [-0.2, -0.15) is 13.2 Å². The van der Waals surface area contributed by atoms with Gasteiger partial charge in [-0.25, -0.2) is 0 Å². The average molecular weight is 295 g/mol. The monoisotopic (exact) mass is 294 g/mol. The van der Waals surface area contributed by atoms with Gasteiger partial charge in [-0.3, -0.25) is 4.79 Å². The number of thioether (sulfide) groups is 1. The number of alkyl halides is 3. The molecule has 18 heavy (non-hydrogen) atoms. The summed E-state index contributed by atoms with van der Waals surface area (Å²) in [4.78, 5) is 10.6. The topological polar surface area (TPSA) is 17.1 Å². The molecule has 0 aliphatic rings. The minimum atomic E-state index is -4.44. The largest absolute Gasteiger partial charge is 0.417 e. The zero-order valence-corrected chi connectivity index (χ0v) is 11.0. The van der Waals surface area contributed by atoms with Crippen molar-refractivity contribution in [3.8, 4) is 0 Å². The molecule has 0 spiro atoms. The first-order valence-electron chi connectivity index (χ1n) is 4.97. The number of carbonyl (C=O) groups is 1. The molecule has 0 aliphatic carbocycles. The standard InChI is InChI=1S/C12H10ClF3OS/c1-8(17)18-6-2-3-9-4-5-10(11(13)7-9)12(14,15)16/h2-5,7H,6H2,1H3. The molecule has 0 saturated heterocycles. The molecule has 0 amide bonds. The predicted molar refractivity (Wildman–Crippen MR) is 68.6 cm³/mol. The highest BCUT2D eigenvalue weighted by molar-refractivity contribution is 8.13. The number of hydrogen-bond donors (Lipinski definition) is 0. The molecule has 6 heteroatoms. The van der Waals surface area contributed by atoms with Crippen molar-refractivity contribution in [1.82, 2.24) is 0 Å². The van der Waals surface area contributed by atoms with Gasteiger partial charge in [-0.05, 0) is 17.7 Å². The van der Waals surface area contributed by atoms with Crippen LogP contribution >= 0.6 is 23.4 Å². The van der Waals surface area contributed by atoms with Crippen LogP contribution in [0.1, 0.15) is 18.1 Å². The maximum atomic E-state index is 12.4. The molecule has 0 heterocycles. The van der Waals surface area contributed by atoms with Crippen LogP contribution in [0.15, 0.2) is 24.3 Å². The first-order chi connectivity index (χ1) is 8.30. The molecule has 1 rings (SSSR count). The second-order valence-corrected chi connectivity index (χ2v) is 5.05. The van der Waals surface area contributed by atoms with Crippen LogP contribution in [-0.2, 0) is 11.0 Å². The van der Waals surface area contributed by atoms with Gasteiger partial charge in [0.2, 0.25) is 0 Å². The zero-order valence-electron chi connectivity index (χ0n) is 9.42. The van der Waals surface area contributed by atoms with Crippen LogP contribution in [0.5, 0.6) is 0 Å². The molecule has 0 fully saturated rings.